The van der Waals surface area contributed by atoms with Crippen LogP contribution in [0, 0.1) is 11.8 Å². The summed E-state index contributed by atoms with van der Waals surface area (Å²) >= 11 is 4.02. The van der Waals surface area contributed by atoms with E-state index in [2.05, 4.69) is 0 Å². The lowest BCUT2D eigenvalue weighted by Gasteiger charge is -2.42. The SMILES string of the molecule is O=C1CSC2CC(SC1)C1CCCCCCCCCCCC2C1. The first kappa shape index (κ1) is 18.2. The summed E-state index contributed by atoms with van der Waals surface area (Å²) in [6, 6.07) is 0. The van der Waals surface area contributed by atoms with Crippen molar-refractivity contribution in [3.63, 3.8) is 0 Å². The van der Waals surface area contributed by atoms with E-state index >= 15 is 0 Å². The fraction of sp³-hybridized carbons (Fsp3) is 0.950. The zero-order chi connectivity index (χ0) is 15.9. The molecule has 0 aromatic heterocycles. The Balaban J connectivity index is 1.63. The molecule has 0 aromatic carbocycles. The van der Waals surface area contributed by atoms with Crippen LogP contribution in [0.15, 0.2) is 0 Å². The topological polar surface area (TPSA) is 17.1 Å². The van der Waals surface area contributed by atoms with Crippen molar-refractivity contribution in [2.45, 2.75) is 94.0 Å². The van der Waals surface area contributed by atoms with E-state index in [4.69, 9.17) is 0 Å². The van der Waals surface area contributed by atoms with Gasteiger partial charge in [-0.05, 0) is 37.5 Å². The summed E-state index contributed by atoms with van der Waals surface area (Å²) in [6.45, 7) is 0. The quantitative estimate of drug-likeness (QED) is 0.523. The summed E-state index contributed by atoms with van der Waals surface area (Å²) in [6.07, 6.45) is 18.7. The van der Waals surface area contributed by atoms with Gasteiger partial charge in [-0.3, -0.25) is 4.79 Å². The lowest BCUT2D eigenvalue weighted by atomic mass is 9.76. The fourth-order valence-corrected chi connectivity index (χ4v) is 7.79. The van der Waals surface area contributed by atoms with Crippen LogP contribution in [0.3, 0.4) is 0 Å². The molecule has 1 aliphatic heterocycles. The highest BCUT2D eigenvalue weighted by atomic mass is 32.2. The maximum atomic E-state index is 12.0. The molecule has 1 saturated heterocycles. The molecule has 1 heterocycles. The molecule has 4 bridgehead atoms. The normalized spacial score (nSPS) is 38.2. The number of carbonyl (C=O) groups excluding carboxylic acids is 1. The fourth-order valence-electron chi connectivity index (χ4n) is 4.81. The second-order valence-electron chi connectivity index (χ2n) is 7.99. The number of carbonyl (C=O) groups is 1. The van der Waals surface area contributed by atoms with Crippen molar-refractivity contribution in [3.8, 4) is 0 Å². The summed E-state index contributed by atoms with van der Waals surface area (Å²) in [5.74, 6) is 3.85. The summed E-state index contributed by atoms with van der Waals surface area (Å²) in [7, 11) is 0. The number of fused-ring (bicyclic) bond motifs is 6. The lowest BCUT2D eigenvalue weighted by molar-refractivity contribution is -0.114. The molecule has 0 spiro atoms. The van der Waals surface area contributed by atoms with Crippen molar-refractivity contribution in [1.29, 1.82) is 0 Å². The molecule has 0 N–H and O–H groups in total. The van der Waals surface area contributed by atoms with Gasteiger partial charge in [0.1, 0.15) is 0 Å². The van der Waals surface area contributed by atoms with Crippen molar-refractivity contribution in [3.05, 3.63) is 0 Å². The van der Waals surface area contributed by atoms with E-state index in [0.29, 0.717) is 5.78 Å². The second kappa shape index (κ2) is 9.75. The Hall–Kier alpha value is 0.370. The Bertz CT molecular complexity index is 341. The summed E-state index contributed by atoms with van der Waals surface area (Å²) in [4.78, 5) is 12.0. The average molecular weight is 355 g/mol. The zero-order valence-corrected chi connectivity index (χ0v) is 16.3. The molecule has 2 saturated carbocycles. The van der Waals surface area contributed by atoms with Crippen LogP contribution >= 0.6 is 23.5 Å². The zero-order valence-electron chi connectivity index (χ0n) is 14.6. The van der Waals surface area contributed by atoms with E-state index in [1.807, 2.05) is 23.5 Å². The van der Waals surface area contributed by atoms with Gasteiger partial charge in [0.05, 0.1) is 11.5 Å². The van der Waals surface area contributed by atoms with Crippen LogP contribution in [0.4, 0.5) is 0 Å². The summed E-state index contributed by atoms with van der Waals surface area (Å²) < 4.78 is 0. The van der Waals surface area contributed by atoms with Gasteiger partial charge in [0, 0.05) is 10.5 Å². The Morgan fingerprint density at radius 3 is 1.52 bits per heavy atom. The molecule has 3 fully saturated rings. The minimum Gasteiger partial charge on any atom is -0.298 e. The highest BCUT2D eigenvalue weighted by Gasteiger charge is 2.38. The molecule has 23 heavy (non-hydrogen) atoms. The third-order valence-corrected chi connectivity index (χ3v) is 9.18. The number of hydrogen-bond acceptors (Lipinski definition) is 3. The van der Waals surface area contributed by atoms with Gasteiger partial charge >= 0.3 is 0 Å². The van der Waals surface area contributed by atoms with E-state index < -0.39 is 0 Å². The number of rotatable bonds is 0. The standard InChI is InChI=1S/C20H34OS2/c21-18-14-22-19-13-20(23-15-18)17-11-9-7-5-3-1-2-4-6-8-10-16(19)12-17/h16-17,19-20H,1-15H2. The average Bonchev–Trinajstić information content (AvgIpc) is 2.55. The van der Waals surface area contributed by atoms with Crippen LogP contribution in [0.25, 0.3) is 0 Å². The lowest BCUT2D eigenvalue weighted by Crippen LogP contribution is -2.38. The predicted octanol–water partition coefficient (Wildman–Crippen LogP) is 6.10. The largest absolute Gasteiger partial charge is 0.298 e. The van der Waals surface area contributed by atoms with Crippen LogP contribution < -0.4 is 0 Å². The van der Waals surface area contributed by atoms with Gasteiger partial charge in [-0.15, -0.1) is 0 Å². The van der Waals surface area contributed by atoms with Crippen LogP contribution in [-0.4, -0.2) is 27.8 Å². The van der Waals surface area contributed by atoms with Gasteiger partial charge in [-0.1, -0.05) is 57.8 Å². The summed E-state index contributed by atoms with van der Waals surface area (Å²) in [5, 5.41) is 1.56. The molecule has 3 heteroatoms. The van der Waals surface area contributed by atoms with Crippen LogP contribution in [0.2, 0.25) is 0 Å². The van der Waals surface area contributed by atoms with Gasteiger partial charge in [-0.2, -0.15) is 23.5 Å². The number of thioether (sulfide) groups is 2. The minimum absolute atomic E-state index is 0.489. The van der Waals surface area contributed by atoms with E-state index in [1.54, 1.807) is 0 Å². The first-order valence-corrected chi connectivity index (χ1v) is 12.2. The van der Waals surface area contributed by atoms with Crippen LogP contribution in [0.1, 0.15) is 83.5 Å². The molecule has 4 atom stereocenters. The highest BCUT2D eigenvalue weighted by Crippen LogP contribution is 2.46. The highest BCUT2D eigenvalue weighted by molar-refractivity contribution is 8.02. The van der Waals surface area contributed by atoms with E-state index in [-0.39, 0.29) is 0 Å². The monoisotopic (exact) mass is 354 g/mol. The van der Waals surface area contributed by atoms with E-state index in [9.17, 15) is 4.79 Å². The number of Topliss-reactive ketones (excluding diaryl/α,β-unsaturated/α-hetero) is 1. The minimum atomic E-state index is 0.489. The molecule has 0 amide bonds. The molecule has 0 radical (unpaired) electrons. The maximum absolute atomic E-state index is 12.0. The molecular formula is C20H34OS2. The van der Waals surface area contributed by atoms with Gasteiger partial charge in [0.2, 0.25) is 0 Å². The van der Waals surface area contributed by atoms with Crippen molar-refractivity contribution < 1.29 is 4.79 Å². The van der Waals surface area contributed by atoms with Gasteiger partial charge in [-0.25, -0.2) is 0 Å². The van der Waals surface area contributed by atoms with Gasteiger partial charge in [0.15, 0.2) is 5.78 Å². The van der Waals surface area contributed by atoms with Crippen molar-refractivity contribution in [1.82, 2.24) is 0 Å². The predicted molar refractivity (Wildman–Crippen MR) is 105 cm³/mol. The van der Waals surface area contributed by atoms with Crippen LogP contribution in [-0.2, 0) is 4.79 Å². The van der Waals surface area contributed by atoms with Crippen molar-refractivity contribution in [2.24, 2.45) is 11.8 Å². The van der Waals surface area contributed by atoms with Crippen LogP contribution in [0.5, 0.6) is 0 Å². The Morgan fingerprint density at radius 1 is 0.609 bits per heavy atom. The van der Waals surface area contributed by atoms with Gasteiger partial charge in [0.25, 0.3) is 0 Å². The Labute approximate surface area is 151 Å². The molecule has 1 nitrogen and oxygen atoms in total. The molecule has 0 aromatic rings. The second-order valence-corrected chi connectivity index (χ2v) is 10.4. The molecule has 3 rings (SSSR count). The number of ketones is 1. The van der Waals surface area contributed by atoms with Crippen molar-refractivity contribution >= 4 is 29.3 Å². The molecule has 132 valence electrons. The molecule has 2 aliphatic carbocycles. The maximum Gasteiger partial charge on any atom is 0.152 e. The van der Waals surface area contributed by atoms with Crippen molar-refractivity contribution in [2.75, 3.05) is 11.5 Å². The third-order valence-electron chi connectivity index (χ3n) is 6.19. The molecule has 3 aliphatic rings. The molecule has 4 unspecified atom stereocenters. The third kappa shape index (κ3) is 5.70. The molecular weight excluding hydrogens is 320 g/mol. The van der Waals surface area contributed by atoms with E-state index in [0.717, 1.165) is 33.8 Å². The van der Waals surface area contributed by atoms with E-state index in [1.165, 1.54) is 83.5 Å². The smallest absolute Gasteiger partial charge is 0.152 e. The summed E-state index contributed by atoms with van der Waals surface area (Å²) in [5.41, 5.74) is 0. The Kier molecular flexibility index (Phi) is 7.70. The number of hydrogen-bond donors (Lipinski definition) is 0. The first-order valence-electron chi connectivity index (χ1n) is 10.1. The van der Waals surface area contributed by atoms with Gasteiger partial charge < -0.3 is 0 Å². The first-order chi connectivity index (χ1) is 11.3. The Morgan fingerprint density at radius 2 is 1.04 bits per heavy atom.